The minimum absolute atomic E-state index is 0.0509. The Kier molecular flexibility index (Phi) is 7.33. The molecule has 8 heteroatoms. The van der Waals surface area contributed by atoms with Crippen LogP contribution in [0.3, 0.4) is 0 Å². The van der Waals surface area contributed by atoms with Gasteiger partial charge in [-0.15, -0.1) is 0 Å². The van der Waals surface area contributed by atoms with Crippen LogP contribution in [0.4, 0.5) is 0 Å². The number of nitrogens with zero attached hydrogens (tertiary/aromatic N) is 1. The fourth-order valence-corrected chi connectivity index (χ4v) is 4.53. The van der Waals surface area contributed by atoms with Gasteiger partial charge in [0.05, 0.1) is 12.1 Å². The predicted molar refractivity (Wildman–Crippen MR) is 121 cm³/mol. The number of rotatable bonds is 8. The highest BCUT2D eigenvalue weighted by Crippen LogP contribution is 2.24. The van der Waals surface area contributed by atoms with Gasteiger partial charge in [-0.3, -0.25) is 4.79 Å². The molecule has 0 spiro atoms. The molecule has 0 heterocycles. The largest absolute Gasteiger partial charge is 0.497 e. The van der Waals surface area contributed by atoms with Crippen molar-refractivity contribution in [3.63, 3.8) is 0 Å². The van der Waals surface area contributed by atoms with E-state index >= 15 is 0 Å². The van der Waals surface area contributed by atoms with Gasteiger partial charge in [0.15, 0.2) is 0 Å². The van der Waals surface area contributed by atoms with Crippen LogP contribution in [0.15, 0.2) is 77.7 Å². The van der Waals surface area contributed by atoms with Gasteiger partial charge in [0, 0.05) is 25.7 Å². The number of halogens is 1. The van der Waals surface area contributed by atoms with Crippen molar-refractivity contribution in [3.8, 4) is 5.75 Å². The summed E-state index contributed by atoms with van der Waals surface area (Å²) in [5.41, 5.74) is 1.97. The van der Waals surface area contributed by atoms with E-state index in [0.717, 1.165) is 16.9 Å². The van der Waals surface area contributed by atoms with E-state index in [0.29, 0.717) is 6.54 Å². The number of carbonyl (C=O) groups excluding carboxylic acids is 1. The lowest BCUT2D eigenvalue weighted by molar-refractivity contribution is 0.0785. The van der Waals surface area contributed by atoms with Crippen molar-refractivity contribution in [2.24, 2.45) is 0 Å². The molecule has 1 amide bonds. The number of sulfonamides is 1. The van der Waals surface area contributed by atoms with Gasteiger partial charge in [0.25, 0.3) is 5.91 Å². The number of amides is 1. The van der Waals surface area contributed by atoms with Crippen LogP contribution in [0.1, 0.15) is 21.5 Å². The van der Waals surface area contributed by atoms with E-state index in [2.05, 4.69) is 4.72 Å². The summed E-state index contributed by atoms with van der Waals surface area (Å²) in [5.74, 6) is 0.417. The first-order chi connectivity index (χ1) is 14.8. The Morgan fingerprint density at radius 1 is 1.00 bits per heavy atom. The molecule has 1 N–H and O–H groups in total. The van der Waals surface area contributed by atoms with Gasteiger partial charge in [-0.25, -0.2) is 13.1 Å². The number of hydrogen-bond donors (Lipinski definition) is 1. The monoisotopic (exact) mass is 458 g/mol. The Morgan fingerprint density at radius 2 is 1.68 bits per heavy atom. The Morgan fingerprint density at radius 3 is 2.32 bits per heavy atom. The molecule has 0 saturated carbocycles. The van der Waals surface area contributed by atoms with Crippen molar-refractivity contribution in [2.45, 2.75) is 18.0 Å². The van der Waals surface area contributed by atoms with Crippen molar-refractivity contribution in [2.75, 3.05) is 14.2 Å². The van der Waals surface area contributed by atoms with E-state index in [1.165, 1.54) is 23.1 Å². The Bertz CT molecular complexity index is 1150. The standard InChI is InChI=1S/C23H23ClN2O4S/c1-26(16-18-8-11-20(30-2)12-9-18)23(27)19-10-13-21(24)22(14-19)31(28,29)25-15-17-6-4-3-5-7-17/h3-14,25H,15-16H2,1-2H3. The van der Waals surface area contributed by atoms with Crippen LogP contribution in [0.25, 0.3) is 0 Å². The Labute approximate surface area is 187 Å². The zero-order valence-corrected chi connectivity index (χ0v) is 18.8. The van der Waals surface area contributed by atoms with E-state index in [4.69, 9.17) is 16.3 Å². The topological polar surface area (TPSA) is 75.7 Å². The second-order valence-electron chi connectivity index (χ2n) is 6.96. The van der Waals surface area contributed by atoms with Crippen LogP contribution in [-0.2, 0) is 23.1 Å². The van der Waals surface area contributed by atoms with E-state index in [9.17, 15) is 13.2 Å². The fraction of sp³-hybridized carbons (Fsp3) is 0.174. The molecule has 3 rings (SSSR count). The van der Waals surface area contributed by atoms with Crippen molar-refractivity contribution in [1.82, 2.24) is 9.62 Å². The van der Waals surface area contributed by atoms with Crippen molar-refractivity contribution < 1.29 is 17.9 Å². The molecule has 31 heavy (non-hydrogen) atoms. The van der Waals surface area contributed by atoms with Crippen molar-refractivity contribution in [1.29, 1.82) is 0 Å². The average Bonchev–Trinajstić information content (AvgIpc) is 2.78. The van der Waals surface area contributed by atoms with Crippen LogP contribution in [0, 0.1) is 0 Å². The molecule has 162 valence electrons. The van der Waals surface area contributed by atoms with E-state index in [1.807, 2.05) is 54.6 Å². The maximum Gasteiger partial charge on any atom is 0.253 e. The molecule has 0 aliphatic carbocycles. The number of methoxy groups -OCH3 is 1. The van der Waals surface area contributed by atoms with Crippen LogP contribution < -0.4 is 9.46 Å². The highest BCUT2D eigenvalue weighted by atomic mass is 35.5. The molecule has 0 saturated heterocycles. The fourth-order valence-electron chi connectivity index (χ4n) is 2.99. The highest BCUT2D eigenvalue weighted by Gasteiger charge is 2.21. The first-order valence-electron chi connectivity index (χ1n) is 9.51. The third-order valence-corrected chi connectivity index (χ3v) is 6.59. The van der Waals surface area contributed by atoms with Gasteiger partial charge >= 0.3 is 0 Å². The van der Waals surface area contributed by atoms with Gasteiger partial charge in [-0.2, -0.15) is 0 Å². The molecule has 3 aromatic rings. The van der Waals surface area contributed by atoms with Gasteiger partial charge in [0.2, 0.25) is 10.0 Å². The number of hydrogen-bond acceptors (Lipinski definition) is 4. The third-order valence-electron chi connectivity index (χ3n) is 4.70. The van der Waals surface area contributed by atoms with Gasteiger partial charge in [-0.05, 0) is 41.5 Å². The van der Waals surface area contributed by atoms with E-state index in [1.54, 1.807) is 14.2 Å². The molecule has 0 fully saturated rings. The van der Waals surface area contributed by atoms with Crippen molar-refractivity contribution >= 4 is 27.5 Å². The summed E-state index contributed by atoms with van der Waals surface area (Å²) >= 11 is 6.15. The smallest absolute Gasteiger partial charge is 0.253 e. The second kappa shape index (κ2) is 9.96. The van der Waals surface area contributed by atoms with Gasteiger partial charge in [-0.1, -0.05) is 54.1 Å². The third kappa shape index (κ3) is 5.85. The molecule has 0 aliphatic rings. The van der Waals surface area contributed by atoms with E-state index in [-0.39, 0.29) is 27.9 Å². The molecule has 0 aromatic heterocycles. The summed E-state index contributed by atoms with van der Waals surface area (Å²) in [4.78, 5) is 14.3. The van der Waals surface area contributed by atoms with Crippen LogP contribution >= 0.6 is 11.6 Å². The van der Waals surface area contributed by atoms with Crippen molar-refractivity contribution in [3.05, 3.63) is 94.5 Å². The molecule has 0 radical (unpaired) electrons. The van der Waals surface area contributed by atoms with Crippen LogP contribution in [-0.4, -0.2) is 33.4 Å². The zero-order valence-electron chi connectivity index (χ0n) is 17.2. The maximum absolute atomic E-state index is 12.9. The molecule has 0 atom stereocenters. The SMILES string of the molecule is COc1ccc(CN(C)C(=O)c2ccc(Cl)c(S(=O)(=O)NCc3ccccc3)c2)cc1. The summed E-state index contributed by atoms with van der Waals surface area (Å²) < 4.78 is 33.2. The van der Waals surface area contributed by atoms with Gasteiger partial charge < -0.3 is 9.64 Å². The average molecular weight is 459 g/mol. The zero-order chi connectivity index (χ0) is 22.4. The molecular weight excluding hydrogens is 436 g/mol. The first-order valence-corrected chi connectivity index (χ1v) is 11.4. The summed E-state index contributed by atoms with van der Waals surface area (Å²) in [6.07, 6.45) is 0. The molecule has 6 nitrogen and oxygen atoms in total. The molecule has 0 bridgehead atoms. The second-order valence-corrected chi connectivity index (χ2v) is 9.11. The van der Waals surface area contributed by atoms with E-state index < -0.39 is 10.0 Å². The highest BCUT2D eigenvalue weighted by molar-refractivity contribution is 7.89. The summed E-state index contributed by atoms with van der Waals surface area (Å²) in [6.45, 7) is 0.481. The lowest BCUT2D eigenvalue weighted by Crippen LogP contribution is -2.27. The van der Waals surface area contributed by atoms with Crippen LogP contribution in [0.2, 0.25) is 5.02 Å². The number of nitrogens with one attached hydrogen (secondary N) is 1. The number of carbonyl (C=O) groups is 1. The maximum atomic E-state index is 12.9. The lowest BCUT2D eigenvalue weighted by atomic mass is 10.1. The lowest BCUT2D eigenvalue weighted by Gasteiger charge is -2.18. The Balaban J connectivity index is 1.76. The quantitative estimate of drug-likeness (QED) is 0.551. The predicted octanol–water partition coefficient (Wildman–Crippen LogP) is 4.10. The number of ether oxygens (including phenoxy) is 1. The molecular formula is C23H23ClN2O4S. The minimum Gasteiger partial charge on any atom is -0.497 e. The Hall–Kier alpha value is -2.87. The molecule has 0 unspecified atom stereocenters. The first kappa shape index (κ1) is 22.8. The normalized spacial score (nSPS) is 11.2. The van der Waals surface area contributed by atoms with Crippen LogP contribution in [0.5, 0.6) is 5.75 Å². The van der Waals surface area contributed by atoms with Gasteiger partial charge in [0.1, 0.15) is 10.6 Å². The summed E-state index contributed by atoms with van der Waals surface area (Å²) in [6, 6.07) is 20.8. The number of benzene rings is 3. The minimum atomic E-state index is -3.90. The summed E-state index contributed by atoms with van der Waals surface area (Å²) in [7, 11) is -0.659. The molecule has 0 aliphatic heterocycles. The molecule has 3 aromatic carbocycles. The summed E-state index contributed by atoms with van der Waals surface area (Å²) in [5, 5.41) is 0.0509.